The van der Waals surface area contributed by atoms with Crippen LogP contribution in [0.1, 0.15) is 31.4 Å². The van der Waals surface area contributed by atoms with Crippen LogP contribution < -0.4 is 5.32 Å². The second-order valence-corrected chi connectivity index (χ2v) is 4.78. The molecule has 1 fully saturated rings. The van der Waals surface area contributed by atoms with Crippen LogP contribution in [-0.2, 0) is 4.79 Å². The highest BCUT2D eigenvalue weighted by molar-refractivity contribution is 5.82. The molecule has 1 heterocycles. The van der Waals surface area contributed by atoms with Gasteiger partial charge in [0, 0.05) is 0 Å². The Morgan fingerprint density at radius 3 is 2.71 bits per heavy atom. The summed E-state index contributed by atoms with van der Waals surface area (Å²) in [4.78, 5) is 14.2. The van der Waals surface area contributed by atoms with E-state index in [-0.39, 0.29) is 18.0 Å². The van der Waals surface area contributed by atoms with Gasteiger partial charge >= 0.3 is 0 Å². The minimum atomic E-state index is 0.0566. The number of carbonyl (C=O) groups is 1. The van der Waals surface area contributed by atoms with Gasteiger partial charge in [-0.1, -0.05) is 30.3 Å². The van der Waals surface area contributed by atoms with Crippen molar-refractivity contribution in [3.05, 3.63) is 35.9 Å². The topological polar surface area (TPSA) is 32.3 Å². The molecule has 2 atom stereocenters. The molecular weight excluding hydrogens is 212 g/mol. The highest BCUT2D eigenvalue weighted by atomic mass is 16.2. The number of amides is 1. The fourth-order valence-corrected chi connectivity index (χ4v) is 2.38. The van der Waals surface area contributed by atoms with Crippen LogP contribution in [-0.4, -0.2) is 30.4 Å². The zero-order chi connectivity index (χ0) is 12.3. The zero-order valence-electron chi connectivity index (χ0n) is 10.5. The first-order valence-corrected chi connectivity index (χ1v) is 6.24. The number of nitrogens with one attached hydrogen (secondary N) is 1. The minimum absolute atomic E-state index is 0.0566. The number of hydrogen-bond donors (Lipinski definition) is 1. The maximum atomic E-state index is 12.1. The van der Waals surface area contributed by atoms with Gasteiger partial charge in [-0.15, -0.1) is 0 Å². The Morgan fingerprint density at radius 2 is 2.12 bits per heavy atom. The van der Waals surface area contributed by atoms with Crippen LogP contribution in [0.3, 0.4) is 0 Å². The SMILES string of the molecule is CC(NC(=O)C1CCCN1C)c1ccccc1. The lowest BCUT2D eigenvalue weighted by molar-refractivity contribution is -0.125. The van der Waals surface area contributed by atoms with E-state index in [0.717, 1.165) is 24.9 Å². The molecule has 1 saturated heterocycles. The van der Waals surface area contributed by atoms with Crippen LogP contribution in [0, 0.1) is 0 Å². The molecule has 2 rings (SSSR count). The smallest absolute Gasteiger partial charge is 0.237 e. The molecule has 0 saturated carbocycles. The van der Waals surface area contributed by atoms with Crippen molar-refractivity contribution < 1.29 is 4.79 Å². The van der Waals surface area contributed by atoms with Crippen LogP contribution in [0.4, 0.5) is 0 Å². The van der Waals surface area contributed by atoms with E-state index in [2.05, 4.69) is 10.2 Å². The van der Waals surface area contributed by atoms with E-state index in [1.54, 1.807) is 0 Å². The average molecular weight is 232 g/mol. The maximum Gasteiger partial charge on any atom is 0.237 e. The van der Waals surface area contributed by atoms with Gasteiger partial charge in [0.25, 0.3) is 0 Å². The monoisotopic (exact) mass is 232 g/mol. The first-order valence-electron chi connectivity index (χ1n) is 6.24. The molecule has 1 aromatic carbocycles. The molecule has 3 nitrogen and oxygen atoms in total. The van der Waals surface area contributed by atoms with Crippen molar-refractivity contribution in [2.24, 2.45) is 0 Å². The fraction of sp³-hybridized carbons (Fsp3) is 0.500. The summed E-state index contributed by atoms with van der Waals surface area (Å²) in [6, 6.07) is 10.2. The number of hydrogen-bond acceptors (Lipinski definition) is 2. The van der Waals surface area contributed by atoms with E-state index >= 15 is 0 Å². The summed E-state index contributed by atoms with van der Waals surface area (Å²) in [7, 11) is 2.02. The Kier molecular flexibility index (Phi) is 3.79. The molecule has 0 radical (unpaired) electrons. The summed E-state index contributed by atoms with van der Waals surface area (Å²) in [6.07, 6.45) is 2.10. The van der Waals surface area contributed by atoms with Crippen molar-refractivity contribution in [3.63, 3.8) is 0 Å². The number of likely N-dealkylation sites (tertiary alicyclic amines) is 1. The molecule has 1 aromatic rings. The minimum Gasteiger partial charge on any atom is -0.348 e. The Bertz CT molecular complexity index is 377. The van der Waals surface area contributed by atoms with Gasteiger partial charge in [-0.05, 0) is 38.9 Å². The van der Waals surface area contributed by atoms with Crippen molar-refractivity contribution in [2.75, 3.05) is 13.6 Å². The van der Waals surface area contributed by atoms with Gasteiger partial charge in [-0.2, -0.15) is 0 Å². The first-order chi connectivity index (χ1) is 8.18. The lowest BCUT2D eigenvalue weighted by Gasteiger charge is -2.22. The Labute approximate surface area is 103 Å². The van der Waals surface area contributed by atoms with Gasteiger partial charge in [0.1, 0.15) is 0 Å². The molecular formula is C14H20N2O. The summed E-state index contributed by atoms with van der Waals surface area (Å²) in [6.45, 7) is 3.06. The van der Waals surface area contributed by atoms with Crippen molar-refractivity contribution in [1.29, 1.82) is 0 Å². The Balaban J connectivity index is 1.95. The van der Waals surface area contributed by atoms with Gasteiger partial charge in [0.15, 0.2) is 0 Å². The normalized spacial score (nSPS) is 22.4. The molecule has 1 aliphatic heterocycles. The van der Waals surface area contributed by atoms with Crippen LogP contribution in [0.15, 0.2) is 30.3 Å². The van der Waals surface area contributed by atoms with Crippen molar-refractivity contribution in [3.8, 4) is 0 Å². The van der Waals surface area contributed by atoms with E-state index in [4.69, 9.17) is 0 Å². The van der Waals surface area contributed by atoms with E-state index in [0.29, 0.717) is 0 Å². The molecule has 17 heavy (non-hydrogen) atoms. The molecule has 1 amide bonds. The summed E-state index contributed by atoms with van der Waals surface area (Å²) in [5.74, 6) is 0.154. The molecule has 3 heteroatoms. The summed E-state index contributed by atoms with van der Waals surface area (Å²) >= 11 is 0. The highest BCUT2D eigenvalue weighted by Gasteiger charge is 2.28. The summed E-state index contributed by atoms with van der Waals surface area (Å²) in [5.41, 5.74) is 1.15. The molecule has 2 unspecified atom stereocenters. The third-order valence-electron chi connectivity index (χ3n) is 3.48. The van der Waals surface area contributed by atoms with E-state index in [1.165, 1.54) is 0 Å². The van der Waals surface area contributed by atoms with Crippen LogP contribution in [0.2, 0.25) is 0 Å². The summed E-state index contributed by atoms with van der Waals surface area (Å²) < 4.78 is 0. The maximum absolute atomic E-state index is 12.1. The number of likely N-dealkylation sites (N-methyl/N-ethyl adjacent to an activating group) is 1. The lowest BCUT2D eigenvalue weighted by Crippen LogP contribution is -2.42. The molecule has 0 spiro atoms. The number of rotatable bonds is 3. The quantitative estimate of drug-likeness (QED) is 0.864. The number of carbonyl (C=O) groups excluding carboxylic acids is 1. The molecule has 0 bridgehead atoms. The second-order valence-electron chi connectivity index (χ2n) is 4.78. The molecule has 1 aliphatic rings. The first kappa shape index (κ1) is 12.1. The zero-order valence-corrected chi connectivity index (χ0v) is 10.5. The molecule has 0 aliphatic carbocycles. The predicted octanol–water partition coefficient (Wildman–Crippen LogP) is 1.96. The van der Waals surface area contributed by atoms with Crippen molar-refractivity contribution in [2.45, 2.75) is 31.8 Å². The Hall–Kier alpha value is -1.35. The van der Waals surface area contributed by atoms with Crippen LogP contribution in [0.25, 0.3) is 0 Å². The molecule has 1 N–H and O–H groups in total. The molecule has 0 aromatic heterocycles. The van der Waals surface area contributed by atoms with E-state index < -0.39 is 0 Å². The van der Waals surface area contributed by atoms with Crippen LogP contribution in [0.5, 0.6) is 0 Å². The third kappa shape index (κ3) is 2.86. The highest BCUT2D eigenvalue weighted by Crippen LogP contribution is 2.17. The number of nitrogens with zero attached hydrogens (tertiary/aromatic N) is 1. The third-order valence-corrected chi connectivity index (χ3v) is 3.48. The average Bonchev–Trinajstić information content (AvgIpc) is 2.76. The van der Waals surface area contributed by atoms with E-state index in [1.807, 2.05) is 44.3 Å². The lowest BCUT2D eigenvalue weighted by atomic mass is 10.1. The largest absolute Gasteiger partial charge is 0.348 e. The van der Waals surface area contributed by atoms with Gasteiger partial charge in [-0.3, -0.25) is 9.69 Å². The van der Waals surface area contributed by atoms with Gasteiger partial charge in [-0.25, -0.2) is 0 Å². The van der Waals surface area contributed by atoms with E-state index in [9.17, 15) is 4.79 Å². The second kappa shape index (κ2) is 5.32. The summed E-state index contributed by atoms with van der Waals surface area (Å²) in [5, 5.41) is 3.09. The number of benzene rings is 1. The fourth-order valence-electron chi connectivity index (χ4n) is 2.38. The van der Waals surface area contributed by atoms with Gasteiger partial charge < -0.3 is 5.32 Å². The van der Waals surface area contributed by atoms with Crippen LogP contribution >= 0.6 is 0 Å². The molecule has 92 valence electrons. The standard InChI is InChI=1S/C14H20N2O/c1-11(12-7-4-3-5-8-12)15-14(17)13-9-6-10-16(13)2/h3-5,7-8,11,13H,6,9-10H2,1-2H3,(H,15,17). The van der Waals surface area contributed by atoms with Crippen molar-refractivity contribution >= 4 is 5.91 Å². The predicted molar refractivity (Wildman–Crippen MR) is 68.7 cm³/mol. The van der Waals surface area contributed by atoms with Gasteiger partial charge in [0.2, 0.25) is 5.91 Å². The van der Waals surface area contributed by atoms with Crippen molar-refractivity contribution in [1.82, 2.24) is 10.2 Å². The Morgan fingerprint density at radius 1 is 1.41 bits per heavy atom. The van der Waals surface area contributed by atoms with Gasteiger partial charge in [0.05, 0.1) is 12.1 Å².